The molecule has 0 saturated heterocycles. The molecule has 0 aliphatic heterocycles. The second-order valence-corrected chi connectivity index (χ2v) is 3.24. The molecule has 1 saturated carbocycles. The van der Waals surface area contributed by atoms with E-state index in [-0.39, 0.29) is 0 Å². The van der Waals surface area contributed by atoms with Gasteiger partial charge in [0, 0.05) is 6.61 Å². The average molecular weight is 142 g/mol. The summed E-state index contributed by atoms with van der Waals surface area (Å²) < 4.78 is 5.76. The molecule has 1 aliphatic carbocycles. The van der Waals surface area contributed by atoms with Gasteiger partial charge in [0.05, 0.1) is 5.60 Å². The Bertz CT molecular complexity index is 89.4. The Kier molecular flexibility index (Phi) is 2.72. The Labute approximate surface area is 63.8 Å². The van der Waals surface area contributed by atoms with Crippen LogP contribution >= 0.6 is 0 Å². The molecule has 0 N–H and O–H groups in total. The van der Waals surface area contributed by atoms with Crippen LogP contribution in [0.1, 0.15) is 46.0 Å². The summed E-state index contributed by atoms with van der Waals surface area (Å²) >= 11 is 0. The van der Waals surface area contributed by atoms with Crippen molar-refractivity contribution in [2.24, 2.45) is 0 Å². The fourth-order valence-corrected chi connectivity index (χ4v) is 1.49. The van der Waals surface area contributed by atoms with Gasteiger partial charge in [0.25, 0.3) is 0 Å². The van der Waals surface area contributed by atoms with Crippen LogP contribution in [0.5, 0.6) is 0 Å². The Morgan fingerprint density at radius 1 is 1.30 bits per heavy atom. The molecule has 1 rings (SSSR count). The van der Waals surface area contributed by atoms with Gasteiger partial charge in [-0.3, -0.25) is 0 Å². The van der Waals surface area contributed by atoms with Crippen molar-refractivity contribution in [3.05, 3.63) is 0 Å². The lowest BCUT2D eigenvalue weighted by Gasteiger charge is -2.41. The SMILES string of the molecule is CCCOC1(CC)CCC1. The summed E-state index contributed by atoms with van der Waals surface area (Å²) in [6.45, 7) is 5.35. The Morgan fingerprint density at radius 3 is 2.30 bits per heavy atom. The smallest absolute Gasteiger partial charge is 0.0680 e. The van der Waals surface area contributed by atoms with E-state index >= 15 is 0 Å². The van der Waals surface area contributed by atoms with Crippen molar-refractivity contribution in [1.29, 1.82) is 0 Å². The lowest BCUT2D eigenvalue weighted by molar-refractivity contribution is -0.101. The fourth-order valence-electron chi connectivity index (χ4n) is 1.49. The molecule has 0 unspecified atom stereocenters. The summed E-state index contributed by atoms with van der Waals surface area (Å²) in [7, 11) is 0. The molecule has 0 spiro atoms. The average Bonchev–Trinajstić information content (AvgIpc) is 1.87. The van der Waals surface area contributed by atoms with Gasteiger partial charge in [0.15, 0.2) is 0 Å². The summed E-state index contributed by atoms with van der Waals surface area (Å²) in [6.07, 6.45) is 6.32. The largest absolute Gasteiger partial charge is 0.375 e. The molecule has 1 fully saturated rings. The molecule has 1 heteroatoms. The lowest BCUT2D eigenvalue weighted by Crippen LogP contribution is -2.39. The van der Waals surface area contributed by atoms with Crippen LogP contribution in [0.15, 0.2) is 0 Å². The van der Waals surface area contributed by atoms with E-state index in [1.54, 1.807) is 0 Å². The van der Waals surface area contributed by atoms with Gasteiger partial charge in [-0.2, -0.15) is 0 Å². The van der Waals surface area contributed by atoms with Crippen LogP contribution in [0, 0.1) is 0 Å². The Morgan fingerprint density at radius 2 is 2.00 bits per heavy atom. The fraction of sp³-hybridized carbons (Fsp3) is 1.00. The van der Waals surface area contributed by atoms with E-state index in [4.69, 9.17) is 4.74 Å². The highest BCUT2D eigenvalue weighted by Gasteiger charge is 2.35. The summed E-state index contributed by atoms with van der Waals surface area (Å²) in [4.78, 5) is 0. The summed E-state index contributed by atoms with van der Waals surface area (Å²) in [5.74, 6) is 0. The normalized spacial score (nSPS) is 22.2. The van der Waals surface area contributed by atoms with Gasteiger partial charge in [0.1, 0.15) is 0 Å². The van der Waals surface area contributed by atoms with Gasteiger partial charge in [0.2, 0.25) is 0 Å². The second kappa shape index (κ2) is 3.38. The maximum atomic E-state index is 5.76. The molecule has 0 atom stereocenters. The van der Waals surface area contributed by atoms with Crippen LogP contribution in [-0.4, -0.2) is 12.2 Å². The predicted molar refractivity (Wildman–Crippen MR) is 43.1 cm³/mol. The molecule has 0 aromatic rings. The van der Waals surface area contributed by atoms with Crippen molar-refractivity contribution < 1.29 is 4.74 Å². The van der Waals surface area contributed by atoms with Crippen LogP contribution in [0.2, 0.25) is 0 Å². The van der Waals surface area contributed by atoms with Gasteiger partial charge < -0.3 is 4.74 Å². The van der Waals surface area contributed by atoms with Crippen LogP contribution in [-0.2, 0) is 4.74 Å². The van der Waals surface area contributed by atoms with E-state index < -0.39 is 0 Å². The molecule has 0 bridgehead atoms. The first-order valence-corrected chi connectivity index (χ1v) is 4.47. The minimum atomic E-state index is 0.315. The molecule has 0 radical (unpaired) electrons. The highest BCUT2D eigenvalue weighted by Crippen LogP contribution is 2.38. The molecule has 60 valence electrons. The molecule has 1 nitrogen and oxygen atoms in total. The van der Waals surface area contributed by atoms with E-state index in [0.717, 1.165) is 13.0 Å². The number of hydrogen-bond acceptors (Lipinski definition) is 1. The molecular weight excluding hydrogens is 124 g/mol. The zero-order chi connectivity index (χ0) is 7.45. The monoisotopic (exact) mass is 142 g/mol. The van der Waals surface area contributed by atoms with Crippen molar-refractivity contribution in [3.63, 3.8) is 0 Å². The van der Waals surface area contributed by atoms with Crippen LogP contribution in [0.4, 0.5) is 0 Å². The van der Waals surface area contributed by atoms with Crippen LogP contribution < -0.4 is 0 Å². The van der Waals surface area contributed by atoms with Crippen LogP contribution in [0.25, 0.3) is 0 Å². The third-order valence-corrected chi connectivity index (χ3v) is 2.52. The first-order valence-electron chi connectivity index (χ1n) is 4.47. The lowest BCUT2D eigenvalue weighted by atomic mass is 9.78. The van der Waals surface area contributed by atoms with E-state index in [0.29, 0.717) is 5.60 Å². The molecule has 0 aromatic carbocycles. The number of rotatable bonds is 4. The second-order valence-electron chi connectivity index (χ2n) is 3.24. The third kappa shape index (κ3) is 1.51. The van der Waals surface area contributed by atoms with Crippen molar-refractivity contribution in [3.8, 4) is 0 Å². The minimum Gasteiger partial charge on any atom is -0.375 e. The van der Waals surface area contributed by atoms with Gasteiger partial charge in [-0.1, -0.05) is 13.8 Å². The van der Waals surface area contributed by atoms with Gasteiger partial charge in [-0.15, -0.1) is 0 Å². The summed E-state index contributed by atoms with van der Waals surface area (Å²) in [6, 6.07) is 0. The number of hydrogen-bond donors (Lipinski definition) is 0. The molecule has 10 heavy (non-hydrogen) atoms. The summed E-state index contributed by atoms with van der Waals surface area (Å²) in [5, 5.41) is 0. The summed E-state index contributed by atoms with van der Waals surface area (Å²) in [5.41, 5.74) is 0.315. The molecule has 0 heterocycles. The maximum Gasteiger partial charge on any atom is 0.0680 e. The zero-order valence-corrected chi connectivity index (χ0v) is 7.15. The molecule has 0 aromatic heterocycles. The van der Waals surface area contributed by atoms with Crippen LogP contribution in [0.3, 0.4) is 0 Å². The zero-order valence-electron chi connectivity index (χ0n) is 7.15. The van der Waals surface area contributed by atoms with E-state index in [9.17, 15) is 0 Å². The highest BCUT2D eigenvalue weighted by atomic mass is 16.5. The predicted octanol–water partition coefficient (Wildman–Crippen LogP) is 2.75. The molecule has 1 aliphatic rings. The van der Waals surface area contributed by atoms with E-state index in [2.05, 4.69) is 13.8 Å². The van der Waals surface area contributed by atoms with Crippen molar-refractivity contribution in [2.45, 2.75) is 51.6 Å². The Balaban J connectivity index is 2.20. The minimum absolute atomic E-state index is 0.315. The first kappa shape index (κ1) is 8.06. The first-order chi connectivity index (χ1) is 4.83. The van der Waals surface area contributed by atoms with E-state index in [1.807, 2.05) is 0 Å². The standard InChI is InChI=1S/C9H18O/c1-3-8-10-9(4-2)6-5-7-9/h3-8H2,1-2H3. The van der Waals surface area contributed by atoms with Crippen molar-refractivity contribution >= 4 is 0 Å². The maximum absolute atomic E-state index is 5.76. The van der Waals surface area contributed by atoms with Gasteiger partial charge in [-0.05, 0) is 32.1 Å². The molecule has 0 amide bonds. The van der Waals surface area contributed by atoms with Crippen molar-refractivity contribution in [2.75, 3.05) is 6.61 Å². The molecular formula is C9H18O. The van der Waals surface area contributed by atoms with Gasteiger partial charge in [-0.25, -0.2) is 0 Å². The van der Waals surface area contributed by atoms with Crippen molar-refractivity contribution in [1.82, 2.24) is 0 Å². The third-order valence-electron chi connectivity index (χ3n) is 2.52. The Hall–Kier alpha value is -0.0400. The topological polar surface area (TPSA) is 9.23 Å². The number of ether oxygens (including phenoxy) is 1. The van der Waals surface area contributed by atoms with E-state index in [1.165, 1.54) is 25.7 Å². The quantitative estimate of drug-likeness (QED) is 0.586. The van der Waals surface area contributed by atoms with Gasteiger partial charge >= 0.3 is 0 Å². The highest BCUT2D eigenvalue weighted by molar-refractivity contribution is 4.88.